The van der Waals surface area contributed by atoms with Crippen LogP contribution < -0.4 is 15.0 Å². The monoisotopic (exact) mass is 509 g/mol. The molecule has 35 heavy (non-hydrogen) atoms. The maximum Gasteiger partial charge on any atom is 0.267 e. The van der Waals surface area contributed by atoms with E-state index in [0.29, 0.717) is 45.1 Å². The summed E-state index contributed by atoms with van der Waals surface area (Å²) in [6, 6.07) is 14.1. The van der Waals surface area contributed by atoms with Crippen LogP contribution in [0.25, 0.3) is 5.57 Å². The normalized spacial score (nSPS) is 21.6. The van der Waals surface area contributed by atoms with E-state index in [1.165, 1.54) is 9.80 Å². The van der Waals surface area contributed by atoms with Crippen molar-refractivity contribution in [3.8, 4) is 5.75 Å². The van der Waals surface area contributed by atoms with Gasteiger partial charge in [-0.2, -0.15) is 0 Å². The Balaban J connectivity index is 1.39. The van der Waals surface area contributed by atoms with Gasteiger partial charge in [0.05, 0.1) is 35.9 Å². The molecule has 1 unspecified atom stereocenters. The molecule has 1 atom stereocenters. The number of hydrogen-bond donors (Lipinski definition) is 1. The Morgan fingerprint density at radius 3 is 2.63 bits per heavy atom. The molecule has 8 nitrogen and oxygen atoms in total. The summed E-state index contributed by atoms with van der Waals surface area (Å²) >= 11 is 6.60. The quantitative estimate of drug-likeness (QED) is 0.472. The first-order valence-corrected chi connectivity index (χ1v) is 12.4. The highest BCUT2D eigenvalue weighted by molar-refractivity contribution is 8.26. The van der Waals surface area contributed by atoms with Crippen LogP contribution in [0.5, 0.6) is 5.75 Å². The molecule has 180 valence electrons. The molecule has 2 saturated heterocycles. The fraction of sp³-hybridized carbons (Fsp3) is 0.280. The van der Waals surface area contributed by atoms with Gasteiger partial charge in [-0.3, -0.25) is 24.2 Å². The number of nitrogens with zero attached hydrogens (tertiary/aromatic N) is 2. The fourth-order valence-corrected chi connectivity index (χ4v) is 5.72. The van der Waals surface area contributed by atoms with Crippen LogP contribution in [0.3, 0.4) is 0 Å². The minimum atomic E-state index is -0.395. The summed E-state index contributed by atoms with van der Waals surface area (Å²) in [6.45, 7) is 0.868. The zero-order valence-electron chi connectivity index (χ0n) is 19.0. The molecule has 2 aromatic rings. The van der Waals surface area contributed by atoms with Crippen LogP contribution in [0.4, 0.5) is 11.4 Å². The lowest BCUT2D eigenvalue weighted by Gasteiger charge is -2.18. The van der Waals surface area contributed by atoms with Crippen molar-refractivity contribution >= 4 is 63.0 Å². The zero-order chi connectivity index (χ0) is 24.5. The minimum absolute atomic E-state index is 0.0495. The molecule has 0 saturated carbocycles. The third-order valence-electron chi connectivity index (χ3n) is 6.09. The number of thiocarbonyl (C=S) groups is 1. The van der Waals surface area contributed by atoms with Crippen LogP contribution in [-0.2, 0) is 19.1 Å². The highest BCUT2D eigenvalue weighted by Gasteiger charge is 2.43. The maximum atomic E-state index is 13.5. The summed E-state index contributed by atoms with van der Waals surface area (Å²) in [5.41, 5.74) is 2.07. The number of benzene rings is 2. The number of carbonyl (C=O) groups excluding carboxylic acids is 3. The van der Waals surface area contributed by atoms with Crippen LogP contribution in [-0.4, -0.2) is 59.9 Å². The van der Waals surface area contributed by atoms with Gasteiger partial charge < -0.3 is 14.8 Å². The molecule has 0 aliphatic carbocycles. The Hall–Kier alpha value is -3.21. The molecule has 0 radical (unpaired) electrons. The second-order valence-corrected chi connectivity index (χ2v) is 9.95. The highest BCUT2D eigenvalue weighted by atomic mass is 32.2. The number of carbonyl (C=O) groups is 3. The largest absolute Gasteiger partial charge is 0.497 e. The van der Waals surface area contributed by atoms with Crippen molar-refractivity contribution in [2.45, 2.75) is 18.9 Å². The standard InChI is InChI=1S/C25H23N3O5S2/c1-32-16-10-8-15(9-11-16)26-20(29)14-27-19-7-3-2-6-18(19)21(23(27)30)22-24(31)28(25(34)35-22)13-17-5-4-12-33-17/h2-3,6-11,17H,4-5,12-14H2,1H3,(H,26,29)/b22-21-. The van der Waals surface area contributed by atoms with Gasteiger partial charge in [-0.1, -0.05) is 42.2 Å². The second-order valence-electron chi connectivity index (χ2n) is 8.31. The molecule has 2 aromatic carbocycles. The maximum absolute atomic E-state index is 13.5. The van der Waals surface area contributed by atoms with E-state index in [0.717, 1.165) is 24.6 Å². The Morgan fingerprint density at radius 1 is 1.14 bits per heavy atom. The van der Waals surface area contributed by atoms with Crippen LogP contribution in [0.15, 0.2) is 53.4 Å². The first kappa shape index (κ1) is 23.5. The number of anilines is 2. The van der Waals surface area contributed by atoms with Crippen molar-refractivity contribution in [3.63, 3.8) is 0 Å². The number of nitrogens with one attached hydrogen (secondary N) is 1. The van der Waals surface area contributed by atoms with Crippen molar-refractivity contribution in [1.29, 1.82) is 0 Å². The molecule has 0 spiro atoms. The van der Waals surface area contributed by atoms with Crippen LogP contribution in [0.2, 0.25) is 0 Å². The highest BCUT2D eigenvalue weighted by Crippen LogP contribution is 2.44. The van der Waals surface area contributed by atoms with E-state index >= 15 is 0 Å². The third-order valence-corrected chi connectivity index (χ3v) is 7.53. The Kier molecular flexibility index (Phi) is 6.59. The summed E-state index contributed by atoms with van der Waals surface area (Å²) in [7, 11) is 1.57. The molecule has 0 aromatic heterocycles. The molecule has 3 amide bonds. The third kappa shape index (κ3) is 4.56. The molecule has 0 bridgehead atoms. The molecule has 2 fully saturated rings. The summed E-state index contributed by atoms with van der Waals surface area (Å²) in [5.74, 6) is -0.370. The SMILES string of the molecule is COc1ccc(NC(=O)CN2C(=O)/C(=C3\SC(=S)N(CC4CCCO4)C3=O)c3ccccc32)cc1. The number of amides is 3. The van der Waals surface area contributed by atoms with E-state index in [-0.39, 0.29) is 30.0 Å². The minimum Gasteiger partial charge on any atom is -0.497 e. The molecule has 5 rings (SSSR count). The number of thioether (sulfide) groups is 1. The smallest absolute Gasteiger partial charge is 0.267 e. The zero-order valence-corrected chi connectivity index (χ0v) is 20.6. The van der Waals surface area contributed by atoms with Crippen LogP contribution in [0.1, 0.15) is 18.4 Å². The molecular formula is C25H23N3O5S2. The van der Waals surface area contributed by atoms with Crippen molar-refractivity contribution in [1.82, 2.24) is 4.90 Å². The lowest BCUT2D eigenvalue weighted by molar-refractivity contribution is -0.123. The average Bonchev–Trinajstić information content (AvgIpc) is 3.54. The van der Waals surface area contributed by atoms with Gasteiger partial charge in [0.1, 0.15) is 16.6 Å². The van der Waals surface area contributed by atoms with Gasteiger partial charge in [0.25, 0.3) is 11.8 Å². The van der Waals surface area contributed by atoms with Gasteiger partial charge in [0, 0.05) is 17.9 Å². The molecular weight excluding hydrogens is 486 g/mol. The summed E-state index contributed by atoms with van der Waals surface area (Å²) in [4.78, 5) is 42.9. The Labute approximate surface area is 212 Å². The van der Waals surface area contributed by atoms with Crippen LogP contribution in [0, 0.1) is 0 Å². The van der Waals surface area contributed by atoms with Crippen molar-refractivity contribution < 1.29 is 23.9 Å². The molecule has 3 aliphatic heterocycles. The number of methoxy groups -OCH3 is 1. The fourth-order valence-electron chi connectivity index (χ4n) is 4.37. The lowest BCUT2D eigenvalue weighted by atomic mass is 10.1. The molecule has 3 aliphatic rings. The van der Waals surface area contributed by atoms with Crippen LogP contribution >= 0.6 is 24.0 Å². The molecule has 3 heterocycles. The lowest BCUT2D eigenvalue weighted by Crippen LogP contribution is -2.36. The van der Waals surface area contributed by atoms with E-state index in [1.807, 2.05) is 0 Å². The number of fused-ring (bicyclic) bond motifs is 1. The summed E-state index contributed by atoms with van der Waals surface area (Å²) in [6.07, 6.45) is 1.79. The number of hydrogen-bond acceptors (Lipinski definition) is 7. The number of para-hydroxylation sites is 1. The van der Waals surface area contributed by atoms with Gasteiger partial charge in [-0.05, 0) is 43.2 Å². The first-order chi connectivity index (χ1) is 17.0. The van der Waals surface area contributed by atoms with Gasteiger partial charge in [-0.25, -0.2) is 0 Å². The van der Waals surface area contributed by atoms with Crippen molar-refractivity contribution in [2.75, 3.05) is 37.0 Å². The topological polar surface area (TPSA) is 88.2 Å². The Morgan fingerprint density at radius 2 is 1.91 bits per heavy atom. The van der Waals surface area contributed by atoms with Gasteiger partial charge in [-0.15, -0.1) is 0 Å². The van der Waals surface area contributed by atoms with E-state index < -0.39 is 5.91 Å². The van der Waals surface area contributed by atoms with E-state index in [9.17, 15) is 14.4 Å². The number of rotatable bonds is 6. The molecule has 1 N–H and O–H groups in total. The first-order valence-electron chi connectivity index (χ1n) is 11.2. The average molecular weight is 510 g/mol. The van der Waals surface area contributed by atoms with E-state index in [2.05, 4.69) is 5.32 Å². The van der Waals surface area contributed by atoms with Crippen molar-refractivity contribution in [2.24, 2.45) is 0 Å². The molecule has 10 heteroatoms. The number of ether oxygens (including phenoxy) is 2. The van der Waals surface area contributed by atoms with Gasteiger partial charge >= 0.3 is 0 Å². The van der Waals surface area contributed by atoms with E-state index in [1.54, 1.807) is 55.6 Å². The predicted octanol–water partition coefficient (Wildman–Crippen LogP) is 3.43. The predicted molar refractivity (Wildman–Crippen MR) is 138 cm³/mol. The van der Waals surface area contributed by atoms with Gasteiger partial charge in [0.2, 0.25) is 5.91 Å². The van der Waals surface area contributed by atoms with Gasteiger partial charge in [0.15, 0.2) is 0 Å². The van der Waals surface area contributed by atoms with E-state index in [4.69, 9.17) is 21.7 Å². The summed E-state index contributed by atoms with van der Waals surface area (Å²) in [5, 5.41) is 2.80. The Bertz CT molecular complexity index is 1240. The second kappa shape index (κ2) is 9.80. The van der Waals surface area contributed by atoms with Crippen molar-refractivity contribution in [3.05, 3.63) is 59.0 Å². The summed E-state index contributed by atoms with van der Waals surface area (Å²) < 4.78 is 11.2.